The molecule has 0 amide bonds. The molecule has 2 aliphatic rings. The van der Waals surface area contributed by atoms with Gasteiger partial charge in [0.25, 0.3) is 0 Å². The fraction of sp³-hybridized carbons (Fsp3) is 0.381. The van der Waals surface area contributed by atoms with Crippen LogP contribution in [0.3, 0.4) is 0 Å². The van der Waals surface area contributed by atoms with E-state index in [-0.39, 0.29) is 0 Å². The van der Waals surface area contributed by atoms with Gasteiger partial charge in [0.05, 0.1) is 5.52 Å². The second kappa shape index (κ2) is 6.65. The maximum absolute atomic E-state index is 4.86. The van der Waals surface area contributed by atoms with E-state index in [0.29, 0.717) is 6.04 Å². The lowest BCUT2D eigenvalue weighted by atomic mass is 10.0. The lowest BCUT2D eigenvalue weighted by molar-refractivity contribution is 0.210. The Kier molecular flexibility index (Phi) is 4.02. The molecule has 0 bridgehead atoms. The van der Waals surface area contributed by atoms with E-state index in [4.69, 9.17) is 9.97 Å². The molecule has 5 rings (SSSR count). The topological polar surface area (TPSA) is 53.9 Å². The van der Waals surface area contributed by atoms with Gasteiger partial charge in [0, 0.05) is 48.5 Å². The first-order valence-electron chi connectivity index (χ1n) is 9.54. The zero-order chi connectivity index (χ0) is 17.3. The molecule has 0 atom stereocenters. The van der Waals surface area contributed by atoms with Crippen molar-refractivity contribution in [1.82, 2.24) is 19.9 Å². The molecular formula is C21H23N5. The summed E-state index contributed by atoms with van der Waals surface area (Å²) in [6.45, 7) is 2.39. The molecule has 3 heterocycles. The average Bonchev–Trinajstić information content (AvgIpc) is 3.54. The summed E-state index contributed by atoms with van der Waals surface area (Å²) < 4.78 is 0. The minimum Gasteiger partial charge on any atom is -0.367 e. The maximum Gasteiger partial charge on any atom is 0.163 e. The number of nitrogens with zero attached hydrogens (tertiary/aromatic N) is 4. The summed E-state index contributed by atoms with van der Waals surface area (Å²) in [6.07, 6.45) is 8.74. The van der Waals surface area contributed by atoms with Crippen LogP contribution in [0.5, 0.6) is 0 Å². The van der Waals surface area contributed by atoms with Crippen molar-refractivity contribution in [3.05, 3.63) is 48.8 Å². The van der Waals surface area contributed by atoms with Gasteiger partial charge in [-0.3, -0.25) is 4.98 Å². The molecule has 0 spiro atoms. The van der Waals surface area contributed by atoms with Gasteiger partial charge in [0.1, 0.15) is 5.82 Å². The molecule has 0 unspecified atom stereocenters. The summed E-state index contributed by atoms with van der Waals surface area (Å²) >= 11 is 0. The summed E-state index contributed by atoms with van der Waals surface area (Å²) in [5.41, 5.74) is 1.92. The molecule has 1 aromatic carbocycles. The number of para-hydroxylation sites is 1. The first kappa shape index (κ1) is 15.7. The SMILES string of the molecule is c1cncc(-c2nc(NC3CCN(C4CC4)CC3)c3ccccc3n2)c1. The minimum absolute atomic E-state index is 0.477. The van der Waals surface area contributed by atoms with E-state index in [9.17, 15) is 0 Å². The predicted octanol–water partition coefficient (Wildman–Crippen LogP) is 3.73. The van der Waals surface area contributed by atoms with Gasteiger partial charge in [-0.05, 0) is 49.9 Å². The molecule has 0 radical (unpaired) electrons. The molecule has 1 aliphatic carbocycles. The van der Waals surface area contributed by atoms with Gasteiger partial charge in [-0.25, -0.2) is 9.97 Å². The number of hydrogen-bond donors (Lipinski definition) is 1. The van der Waals surface area contributed by atoms with Crippen molar-refractivity contribution >= 4 is 16.7 Å². The van der Waals surface area contributed by atoms with Crippen LogP contribution in [0.25, 0.3) is 22.3 Å². The summed E-state index contributed by atoms with van der Waals surface area (Å²) in [5.74, 6) is 1.68. The van der Waals surface area contributed by atoms with Crippen LogP contribution in [0.4, 0.5) is 5.82 Å². The minimum atomic E-state index is 0.477. The van der Waals surface area contributed by atoms with Crippen molar-refractivity contribution in [3.8, 4) is 11.4 Å². The molecule has 1 N–H and O–H groups in total. The summed E-state index contributed by atoms with van der Waals surface area (Å²) in [5, 5.41) is 4.80. The number of fused-ring (bicyclic) bond motifs is 1. The van der Waals surface area contributed by atoms with Crippen molar-refractivity contribution in [2.75, 3.05) is 18.4 Å². The first-order chi connectivity index (χ1) is 12.9. The van der Waals surface area contributed by atoms with Crippen LogP contribution in [0.15, 0.2) is 48.8 Å². The van der Waals surface area contributed by atoms with Crippen LogP contribution in [0.1, 0.15) is 25.7 Å². The molecule has 2 fully saturated rings. The number of rotatable bonds is 4. The highest BCUT2D eigenvalue weighted by Crippen LogP contribution is 2.31. The molecule has 2 aromatic heterocycles. The van der Waals surface area contributed by atoms with Crippen molar-refractivity contribution in [2.45, 2.75) is 37.8 Å². The van der Waals surface area contributed by atoms with E-state index in [1.165, 1.54) is 38.8 Å². The maximum atomic E-state index is 4.86. The van der Waals surface area contributed by atoms with Crippen molar-refractivity contribution in [1.29, 1.82) is 0 Å². The van der Waals surface area contributed by atoms with E-state index in [1.807, 2.05) is 24.4 Å². The first-order valence-corrected chi connectivity index (χ1v) is 9.54. The summed E-state index contributed by atoms with van der Waals surface area (Å²) in [6, 6.07) is 13.5. The van der Waals surface area contributed by atoms with E-state index < -0.39 is 0 Å². The van der Waals surface area contributed by atoms with Crippen molar-refractivity contribution < 1.29 is 0 Å². The monoisotopic (exact) mass is 345 g/mol. The molecule has 26 heavy (non-hydrogen) atoms. The third-order valence-corrected chi connectivity index (χ3v) is 5.46. The Labute approximate surface area is 153 Å². The fourth-order valence-corrected chi connectivity index (χ4v) is 3.85. The van der Waals surface area contributed by atoms with E-state index in [2.05, 4.69) is 33.4 Å². The number of anilines is 1. The van der Waals surface area contributed by atoms with Gasteiger partial charge in [0.15, 0.2) is 5.82 Å². The number of aromatic nitrogens is 3. The number of piperidine rings is 1. The summed E-state index contributed by atoms with van der Waals surface area (Å²) in [4.78, 5) is 16.5. The van der Waals surface area contributed by atoms with E-state index in [1.54, 1.807) is 6.20 Å². The quantitative estimate of drug-likeness (QED) is 0.781. The Balaban J connectivity index is 1.44. The van der Waals surface area contributed by atoms with E-state index >= 15 is 0 Å². The fourth-order valence-electron chi connectivity index (χ4n) is 3.85. The highest BCUT2D eigenvalue weighted by molar-refractivity contribution is 5.90. The van der Waals surface area contributed by atoms with Crippen LogP contribution in [-0.2, 0) is 0 Å². The van der Waals surface area contributed by atoms with Gasteiger partial charge in [0.2, 0.25) is 0 Å². The third kappa shape index (κ3) is 3.15. The Hall–Kier alpha value is -2.53. The number of benzene rings is 1. The van der Waals surface area contributed by atoms with Gasteiger partial charge in [-0.2, -0.15) is 0 Å². The second-order valence-corrected chi connectivity index (χ2v) is 7.34. The molecule has 5 heteroatoms. The summed E-state index contributed by atoms with van der Waals surface area (Å²) in [7, 11) is 0. The number of hydrogen-bond acceptors (Lipinski definition) is 5. The molecular weight excluding hydrogens is 322 g/mol. The lowest BCUT2D eigenvalue weighted by Crippen LogP contribution is -2.40. The van der Waals surface area contributed by atoms with Crippen LogP contribution in [0, 0.1) is 0 Å². The number of pyridine rings is 1. The average molecular weight is 345 g/mol. The molecule has 3 aromatic rings. The molecule has 1 saturated carbocycles. The van der Waals surface area contributed by atoms with Crippen LogP contribution in [-0.4, -0.2) is 45.0 Å². The second-order valence-electron chi connectivity index (χ2n) is 7.34. The zero-order valence-corrected chi connectivity index (χ0v) is 14.8. The third-order valence-electron chi connectivity index (χ3n) is 5.46. The van der Waals surface area contributed by atoms with Gasteiger partial charge in [-0.15, -0.1) is 0 Å². The lowest BCUT2D eigenvalue weighted by Gasteiger charge is -2.32. The Bertz CT molecular complexity index is 899. The Morgan fingerprint density at radius 2 is 1.77 bits per heavy atom. The smallest absolute Gasteiger partial charge is 0.163 e. The highest BCUT2D eigenvalue weighted by Gasteiger charge is 2.31. The number of nitrogens with one attached hydrogen (secondary N) is 1. The number of likely N-dealkylation sites (tertiary alicyclic amines) is 1. The van der Waals surface area contributed by atoms with Crippen LogP contribution >= 0.6 is 0 Å². The van der Waals surface area contributed by atoms with Gasteiger partial charge >= 0.3 is 0 Å². The van der Waals surface area contributed by atoms with Crippen LogP contribution in [0.2, 0.25) is 0 Å². The molecule has 132 valence electrons. The van der Waals surface area contributed by atoms with Gasteiger partial charge in [-0.1, -0.05) is 12.1 Å². The molecule has 1 aliphatic heterocycles. The van der Waals surface area contributed by atoms with Crippen molar-refractivity contribution in [3.63, 3.8) is 0 Å². The van der Waals surface area contributed by atoms with Crippen LogP contribution < -0.4 is 5.32 Å². The Morgan fingerprint density at radius 1 is 0.923 bits per heavy atom. The van der Waals surface area contributed by atoms with E-state index in [0.717, 1.165) is 34.2 Å². The molecule has 1 saturated heterocycles. The molecule has 5 nitrogen and oxygen atoms in total. The highest BCUT2D eigenvalue weighted by atomic mass is 15.2. The zero-order valence-electron chi connectivity index (χ0n) is 14.8. The van der Waals surface area contributed by atoms with Crippen molar-refractivity contribution in [2.24, 2.45) is 0 Å². The normalized spacial score (nSPS) is 18.9. The Morgan fingerprint density at radius 3 is 2.54 bits per heavy atom. The standard InChI is InChI=1S/C21H23N5/c1-2-6-19-18(5-1)21(25-20(24-19)15-4-3-11-22-14-15)23-16-9-12-26(13-10-16)17-7-8-17/h1-6,11,14,16-17H,7-10,12-13H2,(H,23,24,25). The predicted molar refractivity (Wildman–Crippen MR) is 104 cm³/mol. The van der Waals surface area contributed by atoms with Gasteiger partial charge < -0.3 is 10.2 Å². The largest absolute Gasteiger partial charge is 0.367 e.